The zero-order chi connectivity index (χ0) is 12.3. The Kier molecular flexibility index (Phi) is 4.05. The van der Waals surface area contributed by atoms with Crippen LogP contribution in [0.25, 0.3) is 0 Å². The van der Waals surface area contributed by atoms with Crippen LogP contribution in [0.15, 0.2) is 0 Å². The Morgan fingerprint density at radius 2 is 1.88 bits per heavy atom. The molecule has 1 heterocycles. The minimum Gasteiger partial charge on any atom is -0.389 e. The summed E-state index contributed by atoms with van der Waals surface area (Å²) in [6.45, 7) is 4.25. The third kappa shape index (κ3) is 3.19. The Hall–Kier alpha value is -0.610. The van der Waals surface area contributed by atoms with Gasteiger partial charge in [-0.2, -0.15) is 0 Å². The predicted octanol–water partition coefficient (Wildman–Crippen LogP) is 0.892. The van der Waals surface area contributed by atoms with Crippen LogP contribution < -0.4 is 5.32 Å². The molecule has 0 aromatic rings. The quantitative estimate of drug-likeness (QED) is 0.767. The van der Waals surface area contributed by atoms with Gasteiger partial charge in [0.15, 0.2) is 0 Å². The second-order valence-electron chi connectivity index (χ2n) is 5.57. The topological polar surface area (TPSA) is 52.6 Å². The minimum atomic E-state index is -0.570. The lowest BCUT2D eigenvalue weighted by molar-refractivity contribution is -0.132. The van der Waals surface area contributed by atoms with E-state index in [0.717, 1.165) is 51.6 Å². The highest BCUT2D eigenvalue weighted by molar-refractivity contribution is 5.81. The Labute approximate surface area is 103 Å². The smallest absolute Gasteiger partial charge is 0.239 e. The molecule has 0 spiro atoms. The maximum Gasteiger partial charge on any atom is 0.239 e. The first kappa shape index (κ1) is 12.8. The molecule has 17 heavy (non-hydrogen) atoms. The average Bonchev–Trinajstić information content (AvgIpc) is 2.96. The number of aliphatic hydroxyl groups is 1. The fourth-order valence-electron chi connectivity index (χ4n) is 2.85. The van der Waals surface area contributed by atoms with E-state index in [1.54, 1.807) is 0 Å². The number of carbonyl (C=O) groups is 1. The van der Waals surface area contributed by atoms with Crippen molar-refractivity contribution < 1.29 is 9.90 Å². The number of nitrogens with zero attached hydrogens (tertiary/aromatic N) is 1. The molecular formula is C13H24N2O2. The van der Waals surface area contributed by atoms with Gasteiger partial charge in [0.1, 0.15) is 0 Å². The largest absolute Gasteiger partial charge is 0.389 e. The molecule has 0 aromatic heterocycles. The number of nitrogens with one attached hydrogen (secondary N) is 1. The van der Waals surface area contributed by atoms with Crippen molar-refractivity contribution in [1.82, 2.24) is 10.2 Å². The monoisotopic (exact) mass is 240 g/mol. The molecule has 4 heteroatoms. The van der Waals surface area contributed by atoms with Crippen LogP contribution in [-0.4, -0.2) is 47.2 Å². The number of rotatable bonds is 4. The molecule has 2 fully saturated rings. The zero-order valence-electron chi connectivity index (χ0n) is 10.7. The molecule has 0 aromatic carbocycles. The molecule has 1 atom stereocenters. The van der Waals surface area contributed by atoms with Gasteiger partial charge in [-0.3, -0.25) is 4.79 Å². The van der Waals surface area contributed by atoms with Gasteiger partial charge in [0.05, 0.1) is 11.6 Å². The van der Waals surface area contributed by atoms with Gasteiger partial charge < -0.3 is 15.3 Å². The van der Waals surface area contributed by atoms with E-state index < -0.39 is 5.60 Å². The summed E-state index contributed by atoms with van der Waals surface area (Å²) in [5.74, 6) is 0.184. The van der Waals surface area contributed by atoms with Gasteiger partial charge in [-0.1, -0.05) is 12.8 Å². The third-order valence-corrected chi connectivity index (χ3v) is 4.06. The molecule has 2 rings (SSSR count). The van der Waals surface area contributed by atoms with Crippen LogP contribution in [0.5, 0.6) is 0 Å². The summed E-state index contributed by atoms with van der Waals surface area (Å²) in [6, 6.07) is -0.169. The van der Waals surface area contributed by atoms with Crippen molar-refractivity contribution in [2.24, 2.45) is 0 Å². The SMILES string of the molecule is CC(NCC1(O)CCCC1)C(=O)N1CCCC1. The van der Waals surface area contributed by atoms with Crippen molar-refractivity contribution in [1.29, 1.82) is 0 Å². The van der Waals surface area contributed by atoms with Gasteiger partial charge >= 0.3 is 0 Å². The summed E-state index contributed by atoms with van der Waals surface area (Å²) in [5, 5.41) is 13.4. The van der Waals surface area contributed by atoms with Crippen LogP contribution >= 0.6 is 0 Å². The third-order valence-electron chi connectivity index (χ3n) is 4.06. The molecule has 1 aliphatic carbocycles. The van der Waals surface area contributed by atoms with Crippen molar-refractivity contribution in [2.45, 2.75) is 57.1 Å². The lowest BCUT2D eigenvalue weighted by atomic mass is 10.0. The number of carbonyl (C=O) groups excluding carboxylic acids is 1. The van der Waals surface area contributed by atoms with Crippen LogP contribution in [0.2, 0.25) is 0 Å². The number of likely N-dealkylation sites (tertiary alicyclic amines) is 1. The van der Waals surface area contributed by atoms with Gasteiger partial charge in [-0.05, 0) is 32.6 Å². The van der Waals surface area contributed by atoms with E-state index >= 15 is 0 Å². The molecule has 1 amide bonds. The summed E-state index contributed by atoms with van der Waals surface area (Å²) in [7, 11) is 0. The van der Waals surface area contributed by atoms with Crippen LogP contribution in [0, 0.1) is 0 Å². The fraction of sp³-hybridized carbons (Fsp3) is 0.923. The molecule has 98 valence electrons. The summed E-state index contributed by atoms with van der Waals surface area (Å²) in [6.07, 6.45) is 6.19. The second-order valence-corrected chi connectivity index (χ2v) is 5.57. The normalized spacial score (nSPS) is 25.2. The van der Waals surface area contributed by atoms with E-state index in [9.17, 15) is 9.90 Å². The van der Waals surface area contributed by atoms with Crippen molar-refractivity contribution in [2.75, 3.05) is 19.6 Å². The maximum atomic E-state index is 12.0. The highest BCUT2D eigenvalue weighted by atomic mass is 16.3. The van der Waals surface area contributed by atoms with E-state index in [0.29, 0.717) is 6.54 Å². The van der Waals surface area contributed by atoms with Crippen LogP contribution in [-0.2, 0) is 4.79 Å². The molecule has 1 aliphatic heterocycles. The van der Waals surface area contributed by atoms with Crippen molar-refractivity contribution in [3.05, 3.63) is 0 Å². The van der Waals surface area contributed by atoms with Crippen LogP contribution in [0.3, 0.4) is 0 Å². The Balaban J connectivity index is 1.76. The molecule has 0 radical (unpaired) electrons. The molecule has 1 unspecified atom stereocenters. The highest BCUT2D eigenvalue weighted by Gasteiger charge is 2.32. The molecule has 2 N–H and O–H groups in total. The van der Waals surface area contributed by atoms with Gasteiger partial charge in [-0.15, -0.1) is 0 Å². The lowest BCUT2D eigenvalue weighted by Gasteiger charge is -2.26. The first-order valence-electron chi connectivity index (χ1n) is 6.85. The van der Waals surface area contributed by atoms with Crippen molar-refractivity contribution in [3.63, 3.8) is 0 Å². The molecule has 1 saturated carbocycles. The van der Waals surface area contributed by atoms with E-state index in [2.05, 4.69) is 5.32 Å². The standard InChI is InChI=1S/C13H24N2O2/c1-11(12(16)15-8-4-5-9-15)14-10-13(17)6-2-3-7-13/h11,14,17H,2-10H2,1H3. The molecule has 4 nitrogen and oxygen atoms in total. The van der Waals surface area contributed by atoms with Crippen LogP contribution in [0.1, 0.15) is 45.4 Å². The average molecular weight is 240 g/mol. The van der Waals surface area contributed by atoms with Gasteiger partial charge in [0, 0.05) is 19.6 Å². The van der Waals surface area contributed by atoms with Gasteiger partial charge in [-0.25, -0.2) is 0 Å². The van der Waals surface area contributed by atoms with Gasteiger partial charge in [0.2, 0.25) is 5.91 Å². The number of amides is 1. The first-order chi connectivity index (χ1) is 8.11. The first-order valence-corrected chi connectivity index (χ1v) is 6.85. The Morgan fingerprint density at radius 1 is 1.29 bits per heavy atom. The summed E-state index contributed by atoms with van der Waals surface area (Å²) in [4.78, 5) is 14.0. The van der Waals surface area contributed by atoms with E-state index in [1.807, 2.05) is 11.8 Å². The molecular weight excluding hydrogens is 216 g/mol. The fourth-order valence-corrected chi connectivity index (χ4v) is 2.85. The molecule has 2 aliphatic rings. The Morgan fingerprint density at radius 3 is 2.47 bits per heavy atom. The van der Waals surface area contributed by atoms with E-state index in [1.165, 1.54) is 0 Å². The lowest BCUT2D eigenvalue weighted by Crippen LogP contribution is -2.48. The van der Waals surface area contributed by atoms with Gasteiger partial charge in [0.25, 0.3) is 0 Å². The summed E-state index contributed by atoms with van der Waals surface area (Å²) < 4.78 is 0. The zero-order valence-corrected chi connectivity index (χ0v) is 10.7. The van der Waals surface area contributed by atoms with E-state index in [4.69, 9.17) is 0 Å². The molecule has 1 saturated heterocycles. The number of hydrogen-bond donors (Lipinski definition) is 2. The summed E-state index contributed by atoms with van der Waals surface area (Å²) >= 11 is 0. The second kappa shape index (κ2) is 5.36. The van der Waals surface area contributed by atoms with E-state index in [-0.39, 0.29) is 11.9 Å². The minimum absolute atomic E-state index is 0.169. The highest BCUT2D eigenvalue weighted by Crippen LogP contribution is 2.28. The maximum absolute atomic E-state index is 12.0. The predicted molar refractivity (Wildman–Crippen MR) is 66.7 cm³/mol. The summed E-state index contributed by atoms with van der Waals surface area (Å²) in [5.41, 5.74) is -0.570. The van der Waals surface area contributed by atoms with Crippen molar-refractivity contribution >= 4 is 5.91 Å². The van der Waals surface area contributed by atoms with Crippen LogP contribution in [0.4, 0.5) is 0 Å². The Bertz CT molecular complexity index is 269. The van der Waals surface area contributed by atoms with Crippen molar-refractivity contribution in [3.8, 4) is 0 Å². The molecule has 0 bridgehead atoms. The number of hydrogen-bond acceptors (Lipinski definition) is 3.